The molecule has 2 rings (SSSR count). The van der Waals surface area contributed by atoms with Crippen molar-refractivity contribution < 1.29 is 4.79 Å². The fourth-order valence-corrected chi connectivity index (χ4v) is 3.17. The summed E-state index contributed by atoms with van der Waals surface area (Å²) in [7, 11) is 1.81. The standard InChI is InChI=1S/C24H36N6O.HI/c1-5-25-24(27-15-17-30(6-2)22-12-9-10-20(3)18-22)28-19-23(31)29(4)16-13-21-11-7-8-14-26-21;/h7-12,14,18H,5-6,13,15-17,19H2,1-4H3,(H2,25,27,28);1H. The van der Waals surface area contributed by atoms with Crippen LogP contribution in [0.1, 0.15) is 25.1 Å². The van der Waals surface area contributed by atoms with Gasteiger partial charge in [-0.1, -0.05) is 18.2 Å². The van der Waals surface area contributed by atoms with E-state index in [1.165, 1.54) is 11.3 Å². The number of aryl methyl sites for hydroxylation is 1. The highest BCUT2D eigenvalue weighted by Crippen LogP contribution is 2.14. The van der Waals surface area contributed by atoms with E-state index in [1.807, 2.05) is 32.2 Å². The number of hydrogen-bond donors (Lipinski definition) is 2. The number of rotatable bonds is 11. The first-order chi connectivity index (χ1) is 15.0. The summed E-state index contributed by atoms with van der Waals surface area (Å²) in [5.74, 6) is 0.650. The Kier molecular flexibility index (Phi) is 13.4. The number of guanidine groups is 1. The molecule has 1 heterocycles. The van der Waals surface area contributed by atoms with Gasteiger partial charge in [-0.25, -0.2) is 4.99 Å². The molecule has 0 bridgehead atoms. The molecule has 0 unspecified atom stereocenters. The molecule has 8 heteroatoms. The predicted octanol–water partition coefficient (Wildman–Crippen LogP) is 3.09. The number of carbonyl (C=O) groups is 1. The first kappa shape index (κ1) is 27.7. The zero-order chi connectivity index (χ0) is 22.5. The Labute approximate surface area is 209 Å². The number of benzene rings is 1. The van der Waals surface area contributed by atoms with Crippen LogP contribution in [-0.2, 0) is 11.2 Å². The predicted molar refractivity (Wildman–Crippen MR) is 144 cm³/mol. The van der Waals surface area contributed by atoms with Crippen LogP contribution in [0.15, 0.2) is 53.7 Å². The average molecular weight is 553 g/mol. The lowest BCUT2D eigenvalue weighted by Gasteiger charge is -2.24. The molecule has 0 aliphatic carbocycles. The molecule has 2 N–H and O–H groups in total. The van der Waals surface area contributed by atoms with Crippen molar-refractivity contribution in [3.63, 3.8) is 0 Å². The van der Waals surface area contributed by atoms with Crippen LogP contribution in [-0.4, -0.2) is 68.1 Å². The van der Waals surface area contributed by atoms with Crippen molar-refractivity contribution in [1.29, 1.82) is 0 Å². The number of amides is 1. The third-order valence-electron chi connectivity index (χ3n) is 4.99. The summed E-state index contributed by atoms with van der Waals surface area (Å²) >= 11 is 0. The number of halogens is 1. The number of aromatic nitrogens is 1. The van der Waals surface area contributed by atoms with E-state index in [0.717, 1.165) is 38.3 Å². The van der Waals surface area contributed by atoms with Gasteiger partial charge in [-0.05, 0) is 50.6 Å². The largest absolute Gasteiger partial charge is 0.370 e. The lowest BCUT2D eigenvalue weighted by atomic mass is 10.2. The van der Waals surface area contributed by atoms with Crippen LogP contribution in [0.25, 0.3) is 0 Å². The smallest absolute Gasteiger partial charge is 0.244 e. The lowest BCUT2D eigenvalue weighted by Crippen LogP contribution is -2.42. The number of anilines is 1. The van der Waals surface area contributed by atoms with Gasteiger partial charge in [-0.15, -0.1) is 24.0 Å². The molecule has 7 nitrogen and oxygen atoms in total. The Bertz CT molecular complexity index is 830. The van der Waals surface area contributed by atoms with Crippen molar-refractivity contribution in [2.24, 2.45) is 4.99 Å². The normalized spacial score (nSPS) is 10.8. The maximum atomic E-state index is 12.5. The minimum atomic E-state index is -0.0110. The summed E-state index contributed by atoms with van der Waals surface area (Å²) < 4.78 is 0. The molecule has 0 aliphatic heterocycles. The molecule has 1 amide bonds. The van der Waals surface area contributed by atoms with Crippen molar-refractivity contribution in [3.8, 4) is 0 Å². The number of carbonyl (C=O) groups excluding carboxylic acids is 1. The van der Waals surface area contributed by atoms with Gasteiger partial charge in [0.2, 0.25) is 5.91 Å². The highest BCUT2D eigenvalue weighted by atomic mass is 127. The van der Waals surface area contributed by atoms with Gasteiger partial charge in [0, 0.05) is 63.8 Å². The minimum Gasteiger partial charge on any atom is -0.370 e. The molecule has 1 aromatic heterocycles. The third kappa shape index (κ3) is 9.84. The Balaban J connectivity index is 0.00000512. The van der Waals surface area contributed by atoms with Crippen LogP contribution in [0.2, 0.25) is 0 Å². The van der Waals surface area contributed by atoms with Crippen LogP contribution in [0, 0.1) is 6.92 Å². The van der Waals surface area contributed by atoms with E-state index in [0.29, 0.717) is 12.5 Å². The monoisotopic (exact) mass is 552 g/mol. The molecule has 0 radical (unpaired) electrons. The summed E-state index contributed by atoms with van der Waals surface area (Å²) in [5, 5.41) is 6.55. The minimum absolute atomic E-state index is 0. The SMILES string of the molecule is CCNC(=NCC(=O)N(C)CCc1ccccn1)NCCN(CC)c1cccc(C)c1.I. The second-order valence-corrected chi connectivity index (χ2v) is 7.43. The summed E-state index contributed by atoms with van der Waals surface area (Å²) in [6, 6.07) is 14.3. The van der Waals surface area contributed by atoms with Gasteiger partial charge < -0.3 is 20.4 Å². The molecule has 0 fully saturated rings. The highest BCUT2D eigenvalue weighted by molar-refractivity contribution is 14.0. The Morgan fingerprint density at radius 1 is 1.09 bits per heavy atom. The van der Waals surface area contributed by atoms with Crippen molar-refractivity contribution in [2.45, 2.75) is 27.2 Å². The number of hydrogen-bond acceptors (Lipinski definition) is 4. The molecule has 0 saturated carbocycles. The van der Waals surface area contributed by atoms with E-state index in [2.05, 4.69) is 63.6 Å². The van der Waals surface area contributed by atoms with Crippen LogP contribution in [0.3, 0.4) is 0 Å². The van der Waals surface area contributed by atoms with Gasteiger partial charge in [-0.3, -0.25) is 9.78 Å². The van der Waals surface area contributed by atoms with Crippen LogP contribution in [0.4, 0.5) is 5.69 Å². The molecular weight excluding hydrogens is 515 g/mol. The maximum Gasteiger partial charge on any atom is 0.244 e. The van der Waals surface area contributed by atoms with Crippen molar-refractivity contribution in [1.82, 2.24) is 20.5 Å². The summed E-state index contributed by atoms with van der Waals surface area (Å²) in [4.78, 5) is 25.2. The quantitative estimate of drug-likeness (QED) is 0.255. The van der Waals surface area contributed by atoms with Crippen LogP contribution in [0.5, 0.6) is 0 Å². The first-order valence-corrected chi connectivity index (χ1v) is 11.0. The molecule has 2 aromatic rings. The van der Waals surface area contributed by atoms with Crippen LogP contribution < -0.4 is 15.5 Å². The van der Waals surface area contributed by atoms with Crippen molar-refractivity contribution in [2.75, 3.05) is 51.2 Å². The number of nitrogens with one attached hydrogen (secondary N) is 2. The molecule has 0 spiro atoms. The lowest BCUT2D eigenvalue weighted by molar-refractivity contribution is -0.128. The van der Waals surface area contributed by atoms with Gasteiger partial charge in [-0.2, -0.15) is 0 Å². The van der Waals surface area contributed by atoms with Gasteiger partial charge in [0.25, 0.3) is 0 Å². The van der Waals surface area contributed by atoms with Gasteiger partial charge in [0.15, 0.2) is 5.96 Å². The van der Waals surface area contributed by atoms with Crippen molar-refractivity contribution in [3.05, 3.63) is 59.9 Å². The molecule has 0 aliphatic rings. The van der Waals surface area contributed by atoms with E-state index in [-0.39, 0.29) is 36.4 Å². The molecular formula is C24H37IN6O. The van der Waals surface area contributed by atoms with E-state index >= 15 is 0 Å². The van der Waals surface area contributed by atoms with Gasteiger partial charge >= 0.3 is 0 Å². The molecule has 32 heavy (non-hydrogen) atoms. The molecule has 0 saturated heterocycles. The summed E-state index contributed by atoms with van der Waals surface area (Å²) in [5.41, 5.74) is 3.45. The van der Waals surface area contributed by atoms with E-state index < -0.39 is 0 Å². The highest BCUT2D eigenvalue weighted by Gasteiger charge is 2.10. The summed E-state index contributed by atoms with van der Waals surface area (Å²) in [6.45, 7) is 10.3. The zero-order valence-corrected chi connectivity index (χ0v) is 22.0. The van der Waals surface area contributed by atoms with E-state index in [1.54, 1.807) is 11.1 Å². The Hall–Kier alpha value is -2.36. The number of pyridine rings is 1. The Morgan fingerprint density at radius 2 is 1.91 bits per heavy atom. The second-order valence-electron chi connectivity index (χ2n) is 7.43. The summed E-state index contributed by atoms with van der Waals surface area (Å²) in [6.07, 6.45) is 2.51. The van der Waals surface area contributed by atoms with E-state index in [9.17, 15) is 4.79 Å². The fraction of sp³-hybridized carbons (Fsp3) is 0.458. The average Bonchev–Trinajstić information content (AvgIpc) is 2.79. The first-order valence-electron chi connectivity index (χ1n) is 11.0. The van der Waals surface area contributed by atoms with Gasteiger partial charge in [0.1, 0.15) is 6.54 Å². The van der Waals surface area contributed by atoms with Crippen LogP contribution >= 0.6 is 24.0 Å². The topological polar surface area (TPSA) is 72.9 Å². The van der Waals surface area contributed by atoms with Crippen molar-refractivity contribution >= 4 is 41.5 Å². The fourth-order valence-electron chi connectivity index (χ4n) is 3.17. The second kappa shape index (κ2) is 15.4. The number of nitrogens with zero attached hydrogens (tertiary/aromatic N) is 4. The van der Waals surface area contributed by atoms with E-state index in [4.69, 9.17) is 0 Å². The molecule has 0 atom stereocenters. The zero-order valence-electron chi connectivity index (χ0n) is 19.7. The molecule has 176 valence electrons. The molecule has 1 aromatic carbocycles. The maximum absolute atomic E-state index is 12.5. The van der Waals surface area contributed by atoms with Gasteiger partial charge in [0.05, 0.1) is 0 Å². The number of aliphatic imine (C=N–C) groups is 1. The third-order valence-corrected chi connectivity index (χ3v) is 4.99. The number of likely N-dealkylation sites (N-methyl/N-ethyl adjacent to an activating group) is 2. The Morgan fingerprint density at radius 3 is 2.56 bits per heavy atom.